The Hall–Kier alpha value is -1.80. The van der Waals surface area contributed by atoms with Crippen LogP contribution in [0.3, 0.4) is 0 Å². The number of benzene rings is 2. The van der Waals surface area contributed by atoms with Gasteiger partial charge in [0.1, 0.15) is 5.75 Å². The standard InChI is InChI=1S/C17H21NO/c1-2-12-19-16-10-8-15(9-11-16)17(13-18)14-6-4-3-5-7-14/h3-11,17H,2,12-13,18H2,1H3. The molecule has 0 saturated heterocycles. The molecule has 0 aliphatic rings. The summed E-state index contributed by atoms with van der Waals surface area (Å²) in [5.74, 6) is 1.18. The Morgan fingerprint density at radius 1 is 0.947 bits per heavy atom. The van der Waals surface area contributed by atoms with Crippen LogP contribution in [0.4, 0.5) is 0 Å². The Balaban J connectivity index is 2.15. The van der Waals surface area contributed by atoms with E-state index in [9.17, 15) is 0 Å². The van der Waals surface area contributed by atoms with Gasteiger partial charge in [-0.15, -0.1) is 0 Å². The van der Waals surface area contributed by atoms with Crippen LogP contribution in [0, 0.1) is 0 Å². The maximum Gasteiger partial charge on any atom is 0.119 e. The van der Waals surface area contributed by atoms with E-state index in [1.165, 1.54) is 11.1 Å². The SMILES string of the molecule is CCCOc1ccc(C(CN)c2ccccc2)cc1. The minimum atomic E-state index is 0.251. The summed E-state index contributed by atoms with van der Waals surface area (Å²) < 4.78 is 5.60. The molecule has 0 bridgehead atoms. The van der Waals surface area contributed by atoms with Gasteiger partial charge in [-0.1, -0.05) is 49.4 Å². The molecule has 2 nitrogen and oxygen atoms in total. The highest BCUT2D eigenvalue weighted by Crippen LogP contribution is 2.25. The fraction of sp³-hybridized carbons (Fsp3) is 0.294. The molecule has 2 rings (SSSR count). The monoisotopic (exact) mass is 255 g/mol. The van der Waals surface area contributed by atoms with Gasteiger partial charge < -0.3 is 10.5 Å². The third-order valence-corrected chi connectivity index (χ3v) is 3.19. The zero-order valence-electron chi connectivity index (χ0n) is 11.4. The normalized spacial score (nSPS) is 12.1. The van der Waals surface area contributed by atoms with Crippen LogP contribution >= 0.6 is 0 Å². The molecule has 2 aromatic carbocycles. The Bertz CT molecular complexity index is 478. The molecule has 0 heterocycles. The Kier molecular flexibility index (Phi) is 4.99. The number of hydrogen-bond donors (Lipinski definition) is 1. The zero-order chi connectivity index (χ0) is 13.5. The van der Waals surface area contributed by atoms with E-state index in [1.54, 1.807) is 0 Å². The largest absolute Gasteiger partial charge is 0.494 e. The highest BCUT2D eigenvalue weighted by molar-refractivity contribution is 5.36. The molecule has 19 heavy (non-hydrogen) atoms. The second-order valence-electron chi connectivity index (χ2n) is 4.62. The van der Waals surface area contributed by atoms with Crippen molar-refractivity contribution in [1.82, 2.24) is 0 Å². The van der Waals surface area contributed by atoms with Gasteiger partial charge in [0.05, 0.1) is 6.61 Å². The summed E-state index contributed by atoms with van der Waals surface area (Å²) in [5.41, 5.74) is 8.41. The van der Waals surface area contributed by atoms with Gasteiger partial charge in [0, 0.05) is 12.5 Å². The van der Waals surface area contributed by atoms with Crippen LogP contribution in [-0.2, 0) is 0 Å². The van der Waals surface area contributed by atoms with E-state index in [4.69, 9.17) is 10.5 Å². The van der Waals surface area contributed by atoms with E-state index >= 15 is 0 Å². The lowest BCUT2D eigenvalue weighted by atomic mass is 9.91. The molecule has 1 atom stereocenters. The van der Waals surface area contributed by atoms with Crippen molar-refractivity contribution in [3.63, 3.8) is 0 Å². The first-order valence-electron chi connectivity index (χ1n) is 6.83. The molecule has 0 fully saturated rings. The minimum Gasteiger partial charge on any atom is -0.494 e. The summed E-state index contributed by atoms with van der Waals surface area (Å²) in [6, 6.07) is 18.6. The summed E-state index contributed by atoms with van der Waals surface area (Å²) >= 11 is 0. The lowest BCUT2D eigenvalue weighted by molar-refractivity contribution is 0.317. The highest BCUT2D eigenvalue weighted by atomic mass is 16.5. The van der Waals surface area contributed by atoms with Crippen molar-refractivity contribution < 1.29 is 4.74 Å². The minimum absolute atomic E-state index is 0.251. The first-order chi connectivity index (χ1) is 9.35. The number of nitrogens with two attached hydrogens (primary N) is 1. The van der Waals surface area contributed by atoms with Gasteiger partial charge in [0.2, 0.25) is 0 Å². The van der Waals surface area contributed by atoms with Crippen LogP contribution in [0.5, 0.6) is 5.75 Å². The zero-order valence-corrected chi connectivity index (χ0v) is 11.4. The van der Waals surface area contributed by atoms with Gasteiger partial charge >= 0.3 is 0 Å². The lowest BCUT2D eigenvalue weighted by Crippen LogP contribution is -2.13. The van der Waals surface area contributed by atoms with Gasteiger partial charge in [0.15, 0.2) is 0 Å². The van der Waals surface area contributed by atoms with Crippen molar-refractivity contribution in [3.05, 3.63) is 65.7 Å². The van der Waals surface area contributed by atoms with Crippen molar-refractivity contribution in [2.24, 2.45) is 5.73 Å². The molecule has 2 heteroatoms. The Labute approximate surface area is 115 Å². The number of rotatable bonds is 6. The van der Waals surface area contributed by atoms with Crippen molar-refractivity contribution in [1.29, 1.82) is 0 Å². The van der Waals surface area contributed by atoms with Crippen LogP contribution < -0.4 is 10.5 Å². The average Bonchev–Trinajstić information content (AvgIpc) is 2.48. The van der Waals surface area contributed by atoms with Crippen LogP contribution in [-0.4, -0.2) is 13.2 Å². The van der Waals surface area contributed by atoms with E-state index in [2.05, 4.69) is 43.3 Å². The molecule has 0 aromatic heterocycles. The first-order valence-corrected chi connectivity index (χ1v) is 6.83. The summed E-state index contributed by atoms with van der Waals surface area (Å²) in [5, 5.41) is 0. The van der Waals surface area contributed by atoms with Crippen molar-refractivity contribution in [2.75, 3.05) is 13.2 Å². The van der Waals surface area contributed by atoms with Gasteiger partial charge in [-0.25, -0.2) is 0 Å². The molecule has 0 aliphatic heterocycles. The Morgan fingerprint density at radius 2 is 1.58 bits per heavy atom. The van der Waals surface area contributed by atoms with Crippen LogP contribution in [0.1, 0.15) is 30.4 Å². The summed E-state index contributed by atoms with van der Waals surface area (Å²) in [7, 11) is 0. The van der Waals surface area contributed by atoms with Crippen LogP contribution in [0.15, 0.2) is 54.6 Å². The van der Waals surface area contributed by atoms with Crippen molar-refractivity contribution in [3.8, 4) is 5.75 Å². The maximum atomic E-state index is 5.92. The molecule has 1 unspecified atom stereocenters. The van der Waals surface area contributed by atoms with Crippen LogP contribution in [0.25, 0.3) is 0 Å². The number of ether oxygens (including phenoxy) is 1. The van der Waals surface area contributed by atoms with E-state index in [0.29, 0.717) is 6.54 Å². The second kappa shape index (κ2) is 6.95. The van der Waals surface area contributed by atoms with Gasteiger partial charge in [0.25, 0.3) is 0 Å². The summed E-state index contributed by atoms with van der Waals surface area (Å²) in [6.45, 7) is 3.48. The van der Waals surface area contributed by atoms with Crippen LogP contribution in [0.2, 0.25) is 0 Å². The van der Waals surface area contributed by atoms with E-state index in [-0.39, 0.29) is 5.92 Å². The summed E-state index contributed by atoms with van der Waals surface area (Å²) in [6.07, 6.45) is 1.02. The predicted octanol–water partition coefficient (Wildman–Crippen LogP) is 3.57. The smallest absolute Gasteiger partial charge is 0.119 e. The third-order valence-electron chi connectivity index (χ3n) is 3.19. The average molecular weight is 255 g/mol. The van der Waals surface area contributed by atoms with Gasteiger partial charge in [-0.05, 0) is 29.7 Å². The molecule has 2 N–H and O–H groups in total. The quantitative estimate of drug-likeness (QED) is 0.856. The molecular weight excluding hydrogens is 234 g/mol. The molecule has 0 amide bonds. The predicted molar refractivity (Wildman–Crippen MR) is 79.6 cm³/mol. The Morgan fingerprint density at radius 3 is 2.16 bits per heavy atom. The molecule has 0 spiro atoms. The fourth-order valence-electron chi connectivity index (χ4n) is 2.17. The first kappa shape index (κ1) is 13.6. The second-order valence-corrected chi connectivity index (χ2v) is 4.62. The van der Waals surface area contributed by atoms with E-state index in [0.717, 1.165) is 18.8 Å². The maximum absolute atomic E-state index is 5.92. The van der Waals surface area contributed by atoms with Gasteiger partial charge in [-0.2, -0.15) is 0 Å². The molecule has 2 aromatic rings. The van der Waals surface area contributed by atoms with Crippen molar-refractivity contribution in [2.45, 2.75) is 19.3 Å². The fourth-order valence-corrected chi connectivity index (χ4v) is 2.17. The van der Waals surface area contributed by atoms with E-state index in [1.807, 2.05) is 18.2 Å². The molecule has 100 valence electrons. The van der Waals surface area contributed by atoms with Gasteiger partial charge in [-0.3, -0.25) is 0 Å². The molecule has 0 aliphatic carbocycles. The number of hydrogen-bond acceptors (Lipinski definition) is 2. The third kappa shape index (κ3) is 3.58. The van der Waals surface area contributed by atoms with Crippen molar-refractivity contribution >= 4 is 0 Å². The topological polar surface area (TPSA) is 35.2 Å². The summed E-state index contributed by atoms with van der Waals surface area (Å²) in [4.78, 5) is 0. The molecule has 0 saturated carbocycles. The lowest BCUT2D eigenvalue weighted by Gasteiger charge is -2.16. The highest BCUT2D eigenvalue weighted by Gasteiger charge is 2.11. The molecular formula is C17H21NO. The molecule has 0 radical (unpaired) electrons. The van der Waals surface area contributed by atoms with E-state index < -0.39 is 0 Å².